The van der Waals surface area contributed by atoms with Crippen LogP contribution < -0.4 is 10.1 Å². The van der Waals surface area contributed by atoms with Gasteiger partial charge in [0.05, 0.1) is 12.0 Å². The number of carbonyl (C=O) groups is 1. The maximum Gasteiger partial charge on any atom is 0.243 e. The van der Waals surface area contributed by atoms with Crippen LogP contribution in [-0.2, 0) is 14.8 Å². The lowest BCUT2D eigenvalue weighted by Gasteiger charge is -2.33. The number of piperidine rings is 1. The van der Waals surface area contributed by atoms with Crippen LogP contribution in [-0.4, -0.2) is 69.9 Å². The Morgan fingerprint density at radius 1 is 1.08 bits per heavy atom. The summed E-state index contributed by atoms with van der Waals surface area (Å²) < 4.78 is 32.2. The smallest absolute Gasteiger partial charge is 0.243 e. The summed E-state index contributed by atoms with van der Waals surface area (Å²) in [7, 11) is -1.98. The first-order valence-electron chi connectivity index (χ1n) is 9.16. The van der Waals surface area contributed by atoms with E-state index < -0.39 is 10.0 Å². The number of benzene rings is 1. The summed E-state index contributed by atoms with van der Waals surface area (Å²) in [5, 5.41) is 3.30. The summed E-state index contributed by atoms with van der Waals surface area (Å²) >= 11 is 0. The third kappa shape index (κ3) is 4.19. The molecule has 0 radical (unpaired) electrons. The molecule has 2 aliphatic heterocycles. The minimum absolute atomic E-state index is 0.0737. The third-order valence-electron chi connectivity index (χ3n) is 5.15. The molecular weight excluding hydrogens is 354 g/mol. The van der Waals surface area contributed by atoms with Crippen LogP contribution in [0.15, 0.2) is 29.2 Å². The molecule has 0 bridgehead atoms. The van der Waals surface area contributed by atoms with Gasteiger partial charge in [0.2, 0.25) is 15.9 Å². The molecule has 0 atom stereocenters. The lowest BCUT2D eigenvalue weighted by molar-refractivity contribution is -0.136. The zero-order valence-corrected chi connectivity index (χ0v) is 16.0. The van der Waals surface area contributed by atoms with Crippen LogP contribution in [0.25, 0.3) is 0 Å². The van der Waals surface area contributed by atoms with E-state index in [2.05, 4.69) is 5.32 Å². The van der Waals surface area contributed by atoms with Crippen LogP contribution in [0.5, 0.6) is 5.75 Å². The molecule has 1 amide bonds. The van der Waals surface area contributed by atoms with Crippen molar-refractivity contribution in [1.82, 2.24) is 14.5 Å². The van der Waals surface area contributed by atoms with Gasteiger partial charge >= 0.3 is 0 Å². The van der Waals surface area contributed by atoms with Gasteiger partial charge in [-0.3, -0.25) is 4.79 Å². The molecule has 8 heteroatoms. The molecule has 2 heterocycles. The Hall–Kier alpha value is -1.64. The summed E-state index contributed by atoms with van der Waals surface area (Å²) in [5.74, 6) is 0.728. The average Bonchev–Trinajstić information content (AvgIpc) is 2.97. The SMILES string of the molecule is COc1ccc(S(=O)(=O)N2CCC(C(=O)N3CCCNCC3)CC2)cc1. The molecule has 0 saturated carbocycles. The minimum atomic E-state index is -3.52. The quantitative estimate of drug-likeness (QED) is 0.839. The van der Waals surface area contributed by atoms with E-state index in [9.17, 15) is 13.2 Å². The molecule has 3 rings (SSSR count). The van der Waals surface area contributed by atoms with Crippen molar-refractivity contribution in [1.29, 1.82) is 0 Å². The first kappa shape index (κ1) is 19.1. The van der Waals surface area contributed by atoms with Crippen LogP contribution in [0, 0.1) is 5.92 Å². The first-order chi connectivity index (χ1) is 12.5. The summed E-state index contributed by atoms with van der Waals surface area (Å²) in [4.78, 5) is 14.9. The van der Waals surface area contributed by atoms with Gasteiger partial charge in [-0.25, -0.2) is 8.42 Å². The number of nitrogens with zero attached hydrogens (tertiary/aromatic N) is 2. The fourth-order valence-corrected chi connectivity index (χ4v) is 5.03. The Morgan fingerprint density at radius 3 is 2.42 bits per heavy atom. The van der Waals surface area contributed by atoms with E-state index in [0.717, 1.165) is 32.6 Å². The van der Waals surface area contributed by atoms with Crippen LogP contribution in [0.3, 0.4) is 0 Å². The lowest BCUT2D eigenvalue weighted by atomic mass is 9.96. The van der Waals surface area contributed by atoms with Crippen molar-refractivity contribution >= 4 is 15.9 Å². The first-order valence-corrected chi connectivity index (χ1v) is 10.6. The van der Waals surface area contributed by atoms with Gasteiger partial charge in [0.1, 0.15) is 5.75 Å². The minimum Gasteiger partial charge on any atom is -0.497 e. The molecular formula is C18H27N3O4S. The van der Waals surface area contributed by atoms with Crippen LogP contribution in [0.2, 0.25) is 0 Å². The van der Waals surface area contributed by atoms with E-state index in [1.807, 2.05) is 4.90 Å². The van der Waals surface area contributed by atoms with Crippen LogP contribution in [0.4, 0.5) is 0 Å². The molecule has 144 valence electrons. The molecule has 0 spiro atoms. The number of carbonyl (C=O) groups excluding carboxylic acids is 1. The normalized spacial score (nSPS) is 20.6. The van der Waals surface area contributed by atoms with Gasteiger partial charge in [-0.05, 0) is 50.1 Å². The van der Waals surface area contributed by atoms with Crippen molar-refractivity contribution in [3.63, 3.8) is 0 Å². The zero-order chi connectivity index (χ0) is 18.6. The average molecular weight is 381 g/mol. The van der Waals surface area contributed by atoms with E-state index in [1.165, 1.54) is 4.31 Å². The lowest BCUT2D eigenvalue weighted by Crippen LogP contribution is -2.45. The maximum absolute atomic E-state index is 12.8. The molecule has 1 aromatic rings. The molecule has 2 fully saturated rings. The van der Waals surface area contributed by atoms with Gasteiger partial charge < -0.3 is 15.0 Å². The largest absolute Gasteiger partial charge is 0.497 e. The monoisotopic (exact) mass is 381 g/mol. The molecule has 0 aromatic heterocycles. The van der Waals surface area contributed by atoms with Gasteiger partial charge in [-0.15, -0.1) is 0 Å². The van der Waals surface area contributed by atoms with Crippen molar-refractivity contribution in [2.45, 2.75) is 24.2 Å². The van der Waals surface area contributed by atoms with E-state index >= 15 is 0 Å². The number of sulfonamides is 1. The highest BCUT2D eigenvalue weighted by molar-refractivity contribution is 7.89. The zero-order valence-electron chi connectivity index (χ0n) is 15.2. The Labute approximate surface area is 155 Å². The molecule has 26 heavy (non-hydrogen) atoms. The topological polar surface area (TPSA) is 79.0 Å². The second-order valence-corrected chi connectivity index (χ2v) is 8.72. The fourth-order valence-electron chi connectivity index (χ4n) is 3.56. The van der Waals surface area contributed by atoms with Gasteiger partial charge in [0, 0.05) is 38.6 Å². The van der Waals surface area contributed by atoms with Gasteiger partial charge in [0.25, 0.3) is 0 Å². The highest BCUT2D eigenvalue weighted by Crippen LogP contribution is 2.26. The van der Waals surface area contributed by atoms with Crippen molar-refractivity contribution < 1.29 is 17.9 Å². The van der Waals surface area contributed by atoms with Crippen LogP contribution in [0.1, 0.15) is 19.3 Å². The van der Waals surface area contributed by atoms with Gasteiger partial charge in [-0.2, -0.15) is 4.31 Å². The van der Waals surface area contributed by atoms with Crippen molar-refractivity contribution in [3.05, 3.63) is 24.3 Å². The highest BCUT2D eigenvalue weighted by Gasteiger charge is 2.33. The van der Waals surface area contributed by atoms with E-state index in [0.29, 0.717) is 31.7 Å². The molecule has 0 aliphatic carbocycles. The third-order valence-corrected chi connectivity index (χ3v) is 7.07. The Morgan fingerprint density at radius 2 is 1.77 bits per heavy atom. The summed E-state index contributed by atoms with van der Waals surface area (Å²) in [6.45, 7) is 4.08. The summed E-state index contributed by atoms with van der Waals surface area (Å²) in [6.07, 6.45) is 2.13. The number of amides is 1. The summed E-state index contributed by atoms with van der Waals surface area (Å²) in [5.41, 5.74) is 0. The summed E-state index contributed by atoms with van der Waals surface area (Å²) in [6, 6.07) is 6.43. The standard InChI is InChI=1S/C18H27N3O4S/c1-25-16-3-5-17(6-4-16)26(23,24)21-12-7-15(8-13-21)18(22)20-11-2-9-19-10-14-20/h3-6,15,19H,2,7-14H2,1H3. The van der Waals surface area contributed by atoms with E-state index in [1.54, 1.807) is 31.4 Å². The molecule has 2 aliphatic rings. The number of hydrogen-bond acceptors (Lipinski definition) is 5. The molecule has 2 saturated heterocycles. The number of methoxy groups -OCH3 is 1. The molecule has 7 nitrogen and oxygen atoms in total. The van der Waals surface area contributed by atoms with E-state index in [-0.39, 0.29) is 16.7 Å². The van der Waals surface area contributed by atoms with Crippen molar-refractivity contribution in [3.8, 4) is 5.75 Å². The van der Waals surface area contributed by atoms with E-state index in [4.69, 9.17) is 4.74 Å². The van der Waals surface area contributed by atoms with Gasteiger partial charge in [-0.1, -0.05) is 0 Å². The second-order valence-electron chi connectivity index (χ2n) is 6.78. The predicted molar refractivity (Wildman–Crippen MR) is 98.5 cm³/mol. The van der Waals surface area contributed by atoms with Crippen molar-refractivity contribution in [2.24, 2.45) is 5.92 Å². The van der Waals surface area contributed by atoms with Crippen molar-refractivity contribution in [2.75, 3.05) is 46.4 Å². The van der Waals surface area contributed by atoms with Gasteiger partial charge in [0.15, 0.2) is 0 Å². The Kier molecular flexibility index (Phi) is 6.16. The number of rotatable bonds is 4. The second kappa shape index (κ2) is 8.37. The predicted octanol–water partition coefficient (Wildman–Crippen LogP) is 0.918. The molecule has 1 aromatic carbocycles. The number of hydrogen-bond donors (Lipinski definition) is 1. The number of nitrogens with one attached hydrogen (secondary N) is 1. The molecule has 0 unspecified atom stereocenters. The highest BCUT2D eigenvalue weighted by atomic mass is 32.2. The number of ether oxygens (including phenoxy) is 1. The van der Waals surface area contributed by atoms with Crippen LogP contribution >= 0.6 is 0 Å². The Balaban J connectivity index is 1.60. The maximum atomic E-state index is 12.8. The fraction of sp³-hybridized carbons (Fsp3) is 0.611. The Bertz CT molecular complexity index is 704. The molecule has 1 N–H and O–H groups in total.